The first-order valence-corrected chi connectivity index (χ1v) is 14.4. The van der Waals surface area contributed by atoms with E-state index >= 15 is 0 Å². The molecule has 19 heavy (non-hydrogen) atoms. The van der Waals surface area contributed by atoms with E-state index in [-0.39, 0.29) is 0 Å². The van der Waals surface area contributed by atoms with Crippen molar-refractivity contribution in [3.05, 3.63) is 12.3 Å². The topological polar surface area (TPSA) is 12.0 Å². The Labute approximate surface area is 124 Å². The van der Waals surface area contributed by atoms with E-state index in [1.165, 1.54) is 38.0 Å². The quantitative estimate of drug-likeness (QED) is 0.450. The Hall–Kier alpha value is 0.134. The molecule has 0 amide bonds. The average molecular weight is 300 g/mol. The summed E-state index contributed by atoms with van der Waals surface area (Å²) >= 11 is 0. The van der Waals surface area contributed by atoms with Crippen LogP contribution in [0.1, 0.15) is 33.6 Å². The van der Waals surface area contributed by atoms with Crippen molar-refractivity contribution in [3.63, 3.8) is 0 Å². The van der Waals surface area contributed by atoms with Gasteiger partial charge >= 0.3 is 0 Å². The molecular formula is C16H37NSi2. The first kappa shape index (κ1) is 19.1. The zero-order valence-corrected chi connectivity index (χ0v) is 16.5. The molecule has 0 rings (SSSR count). The van der Waals surface area contributed by atoms with Crippen LogP contribution in [0.2, 0.25) is 43.3 Å². The third kappa shape index (κ3) is 8.10. The lowest BCUT2D eigenvalue weighted by molar-refractivity contribution is 0.645. The van der Waals surface area contributed by atoms with Crippen molar-refractivity contribution in [2.45, 2.75) is 76.9 Å². The Morgan fingerprint density at radius 2 is 1.53 bits per heavy atom. The van der Waals surface area contributed by atoms with Gasteiger partial charge in [0, 0.05) is 0 Å². The van der Waals surface area contributed by atoms with E-state index < -0.39 is 16.1 Å². The second-order valence-electron chi connectivity index (χ2n) is 8.28. The Morgan fingerprint density at radius 1 is 0.947 bits per heavy atom. The number of rotatable bonds is 9. The van der Waals surface area contributed by atoms with Crippen molar-refractivity contribution in [3.8, 4) is 0 Å². The molecule has 0 aliphatic heterocycles. The molecule has 0 aromatic rings. The van der Waals surface area contributed by atoms with Gasteiger partial charge in [-0.05, 0) is 30.6 Å². The lowest BCUT2D eigenvalue weighted by Gasteiger charge is -2.37. The minimum absolute atomic E-state index is 0.542. The van der Waals surface area contributed by atoms with Crippen molar-refractivity contribution in [1.82, 2.24) is 5.32 Å². The second-order valence-corrected chi connectivity index (χ2v) is 18.9. The van der Waals surface area contributed by atoms with Crippen LogP contribution in [0.3, 0.4) is 0 Å². The molecule has 0 bridgehead atoms. The first-order valence-electron chi connectivity index (χ1n) is 7.86. The molecule has 0 fully saturated rings. The minimum atomic E-state index is -1.09. The number of hydrogen-bond donors (Lipinski definition) is 1. The lowest BCUT2D eigenvalue weighted by atomic mass is 10.2. The molecule has 0 atom stereocenters. The Balaban J connectivity index is 3.65. The van der Waals surface area contributed by atoms with Crippen LogP contribution in [0.15, 0.2) is 12.3 Å². The van der Waals surface area contributed by atoms with Gasteiger partial charge in [-0.3, -0.25) is 0 Å². The molecule has 3 heteroatoms. The van der Waals surface area contributed by atoms with Gasteiger partial charge < -0.3 is 5.32 Å². The summed E-state index contributed by atoms with van der Waals surface area (Å²) in [5.74, 6) is 0. The molecule has 0 spiro atoms. The molecule has 0 aliphatic carbocycles. The maximum Gasteiger partial charge on any atom is 0.0722 e. The van der Waals surface area contributed by atoms with Gasteiger partial charge in [0.2, 0.25) is 0 Å². The fourth-order valence-corrected chi connectivity index (χ4v) is 4.74. The summed E-state index contributed by atoms with van der Waals surface area (Å²) in [4.78, 5) is 0. The van der Waals surface area contributed by atoms with E-state index in [0.29, 0.717) is 5.04 Å². The Kier molecular flexibility index (Phi) is 7.85. The summed E-state index contributed by atoms with van der Waals surface area (Å²) < 4.78 is 0. The molecule has 0 radical (unpaired) electrons. The fourth-order valence-electron chi connectivity index (χ4n) is 1.83. The number of unbranched alkanes of at least 4 members (excludes halogenated alkanes) is 1. The minimum Gasteiger partial charge on any atom is -0.317 e. The van der Waals surface area contributed by atoms with Gasteiger partial charge in [-0.1, -0.05) is 59.4 Å². The molecule has 0 unspecified atom stereocenters. The van der Waals surface area contributed by atoms with E-state index in [4.69, 9.17) is 0 Å². The highest BCUT2D eigenvalue weighted by Crippen LogP contribution is 2.39. The van der Waals surface area contributed by atoms with Gasteiger partial charge in [-0.25, -0.2) is 0 Å². The van der Waals surface area contributed by atoms with Crippen molar-refractivity contribution < 1.29 is 0 Å². The Morgan fingerprint density at radius 3 is 2.00 bits per heavy atom. The van der Waals surface area contributed by atoms with Crippen molar-refractivity contribution in [2.75, 3.05) is 13.1 Å². The van der Waals surface area contributed by atoms with Gasteiger partial charge in [0.15, 0.2) is 0 Å². The normalized spacial score (nSPS) is 13.6. The van der Waals surface area contributed by atoms with Gasteiger partial charge in [-0.15, -0.1) is 12.3 Å². The highest BCUT2D eigenvalue weighted by molar-refractivity contribution is 6.82. The third-order valence-electron chi connectivity index (χ3n) is 4.93. The van der Waals surface area contributed by atoms with Crippen LogP contribution in [0.5, 0.6) is 0 Å². The van der Waals surface area contributed by atoms with Crippen LogP contribution >= 0.6 is 0 Å². The summed E-state index contributed by atoms with van der Waals surface area (Å²) in [5, 5.41) is 4.14. The highest BCUT2D eigenvalue weighted by Gasteiger charge is 2.33. The molecule has 1 N–H and O–H groups in total. The maximum absolute atomic E-state index is 3.95. The molecule has 0 saturated carbocycles. The molecule has 0 heterocycles. The van der Waals surface area contributed by atoms with Crippen molar-refractivity contribution in [1.29, 1.82) is 0 Å². The van der Waals surface area contributed by atoms with E-state index in [0.717, 1.165) is 0 Å². The van der Waals surface area contributed by atoms with Gasteiger partial charge in [0.25, 0.3) is 0 Å². The standard InChI is InChI=1S/C16H37NSi2/c1-9-18(5,6)15-13-17-12-10-11-14-19(7,8)16(2,3)4/h9,17H,1,10-15H2,2-8H3. The van der Waals surface area contributed by atoms with Crippen molar-refractivity contribution >= 4 is 16.1 Å². The van der Waals surface area contributed by atoms with Crippen molar-refractivity contribution in [2.24, 2.45) is 0 Å². The lowest BCUT2D eigenvalue weighted by Crippen LogP contribution is -2.36. The van der Waals surface area contributed by atoms with Crippen LogP contribution < -0.4 is 5.32 Å². The molecule has 0 aromatic carbocycles. The van der Waals surface area contributed by atoms with Crippen LogP contribution in [0, 0.1) is 0 Å². The second kappa shape index (κ2) is 7.79. The zero-order valence-electron chi connectivity index (χ0n) is 14.5. The highest BCUT2D eigenvalue weighted by atomic mass is 28.3. The predicted molar refractivity (Wildman–Crippen MR) is 96.6 cm³/mol. The molecule has 1 nitrogen and oxygen atoms in total. The predicted octanol–water partition coefficient (Wildman–Crippen LogP) is 5.30. The molecular weight excluding hydrogens is 262 g/mol. The number of hydrogen-bond acceptors (Lipinski definition) is 1. The summed E-state index contributed by atoms with van der Waals surface area (Å²) in [6.45, 7) is 23.4. The largest absolute Gasteiger partial charge is 0.317 e. The molecule has 0 aromatic heterocycles. The summed E-state index contributed by atoms with van der Waals surface area (Å²) in [6.07, 6.45) is 2.73. The first-order chi connectivity index (χ1) is 8.52. The van der Waals surface area contributed by atoms with Gasteiger partial charge in [0.05, 0.1) is 16.1 Å². The third-order valence-corrected chi connectivity index (χ3v) is 13.2. The molecule has 114 valence electrons. The van der Waals surface area contributed by atoms with Crippen LogP contribution in [0.25, 0.3) is 0 Å². The van der Waals surface area contributed by atoms with Crippen LogP contribution in [0.4, 0.5) is 0 Å². The van der Waals surface area contributed by atoms with Crippen LogP contribution in [-0.4, -0.2) is 29.2 Å². The van der Waals surface area contributed by atoms with E-state index in [9.17, 15) is 0 Å². The fraction of sp³-hybridized carbons (Fsp3) is 0.875. The molecule has 0 saturated heterocycles. The van der Waals surface area contributed by atoms with E-state index in [1.54, 1.807) is 0 Å². The van der Waals surface area contributed by atoms with E-state index in [1.807, 2.05) is 0 Å². The van der Waals surface area contributed by atoms with E-state index in [2.05, 4.69) is 64.6 Å². The molecule has 0 aliphatic rings. The summed E-state index contributed by atoms with van der Waals surface area (Å²) in [6, 6.07) is 2.78. The average Bonchev–Trinajstić information content (AvgIpc) is 2.26. The van der Waals surface area contributed by atoms with Gasteiger partial charge in [-0.2, -0.15) is 0 Å². The monoisotopic (exact) mass is 299 g/mol. The SMILES string of the molecule is C=C[Si](C)(C)CCNCCCC[Si](C)(C)C(C)(C)C. The zero-order chi connectivity index (χ0) is 15.2. The smallest absolute Gasteiger partial charge is 0.0722 e. The van der Waals surface area contributed by atoms with Gasteiger partial charge in [0.1, 0.15) is 0 Å². The Bertz CT molecular complexity index is 264. The summed E-state index contributed by atoms with van der Waals surface area (Å²) in [7, 11) is -2.14. The maximum atomic E-state index is 3.95. The van der Waals surface area contributed by atoms with Crippen LogP contribution in [-0.2, 0) is 0 Å². The summed E-state index contributed by atoms with van der Waals surface area (Å²) in [5.41, 5.74) is 2.20. The number of nitrogens with one attached hydrogen (secondary N) is 1.